The minimum atomic E-state index is 0.0691. The quantitative estimate of drug-likeness (QED) is 0.773. The lowest BCUT2D eigenvalue weighted by Gasteiger charge is -2.19. The lowest BCUT2D eigenvalue weighted by atomic mass is 10.0. The van der Waals surface area contributed by atoms with E-state index in [1.807, 2.05) is 31.2 Å². The largest absolute Gasteiger partial charge is 0.349 e. The molecule has 0 saturated heterocycles. The summed E-state index contributed by atoms with van der Waals surface area (Å²) < 4.78 is 0. The Morgan fingerprint density at radius 3 is 2.82 bits per heavy atom. The molecule has 2 nitrogen and oxygen atoms in total. The number of carbonyl (C=O) groups excluding carboxylic acids is 1. The van der Waals surface area contributed by atoms with E-state index in [-0.39, 0.29) is 5.91 Å². The van der Waals surface area contributed by atoms with Gasteiger partial charge < -0.3 is 5.32 Å². The summed E-state index contributed by atoms with van der Waals surface area (Å²) in [5.74, 6) is 1.33. The standard InChI is InChI=1S/C15H17NO/c1-10-3-2-4-13(7-10)15(17)16-14-9-11-5-6-12(14)8-11/h2-7,11-12,14H,8-9H2,1H3,(H,16,17)/t11?,12?,14-/m0/s1. The summed E-state index contributed by atoms with van der Waals surface area (Å²) in [6, 6.07) is 8.11. The number of carbonyl (C=O) groups is 1. The molecule has 0 heterocycles. The maximum absolute atomic E-state index is 12.1. The van der Waals surface area contributed by atoms with Gasteiger partial charge in [-0.25, -0.2) is 0 Å². The smallest absolute Gasteiger partial charge is 0.251 e. The number of aryl methyl sites for hydroxylation is 1. The van der Waals surface area contributed by atoms with E-state index in [2.05, 4.69) is 17.5 Å². The molecule has 0 radical (unpaired) electrons. The molecule has 2 unspecified atom stereocenters. The Kier molecular flexibility index (Phi) is 2.50. The van der Waals surface area contributed by atoms with Gasteiger partial charge in [0.1, 0.15) is 0 Å². The molecule has 2 aliphatic rings. The van der Waals surface area contributed by atoms with Crippen molar-refractivity contribution in [2.24, 2.45) is 11.8 Å². The first-order chi connectivity index (χ1) is 8.22. The van der Waals surface area contributed by atoms with Gasteiger partial charge in [0.15, 0.2) is 0 Å². The van der Waals surface area contributed by atoms with Gasteiger partial charge in [-0.15, -0.1) is 0 Å². The van der Waals surface area contributed by atoms with Crippen molar-refractivity contribution in [1.82, 2.24) is 5.32 Å². The number of nitrogens with one attached hydrogen (secondary N) is 1. The number of amides is 1. The molecule has 3 atom stereocenters. The van der Waals surface area contributed by atoms with Gasteiger partial charge in [0.05, 0.1) is 0 Å². The Hall–Kier alpha value is -1.57. The van der Waals surface area contributed by atoms with Gasteiger partial charge >= 0.3 is 0 Å². The Morgan fingerprint density at radius 2 is 2.18 bits per heavy atom. The van der Waals surface area contributed by atoms with Crippen LogP contribution in [0.2, 0.25) is 0 Å². The summed E-state index contributed by atoms with van der Waals surface area (Å²) in [6.07, 6.45) is 6.88. The normalized spacial score (nSPS) is 29.6. The highest BCUT2D eigenvalue weighted by Gasteiger charge is 2.36. The minimum absolute atomic E-state index is 0.0691. The zero-order valence-corrected chi connectivity index (χ0v) is 10.0. The van der Waals surface area contributed by atoms with Crippen LogP contribution in [0, 0.1) is 18.8 Å². The van der Waals surface area contributed by atoms with Crippen LogP contribution in [-0.2, 0) is 0 Å². The number of rotatable bonds is 2. The molecule has 1 fully saturated rings. The number of allylic oxidation sites excluding steroid dienone is 1. The zero-order valence-electron chi connectivity index (χ0n) is 10.0. The fourth-order valence-electron chi connectivity index (χ4n) is 2.98. The maximum atomic E-state index is 12.1. The third kappa shape index (κ3) is 1.99. The molecule has 2 heteroatoms. The summed E-state index contributed by atoms with van der Waals surface area (Å²) in [5.41, 5.74) is 1.90. The Morgan fingerprint density at radius 1 is 1.29 bits per heavy atom. The molecule has 2 aliphatic carbocycles. The molecule has 1 aromatic carbocycles. The highest BCUT2D eigenvalue weighted by molar-refractivity contribution is 5.94. The molecule has 1 aromatic rings. The highest BCUT2D eigenvalue weighted by Crippen LogP contribution is 2.39. The topological polar surface area (TPSA) is 29.1 Å². The van der Waals surface area contributed by atoms with E-state index in [4.69, 9.17) is 0 Å². The van der Waals surface area contributed by atoms with Crippen LogP contribution in [0.3, 0.4) is 0 Å². The lowest BCUT2D eigenvalue weighted by Crippen LogP contribution is -2.37. The van der Waals surface area contributed by atoms with Crippen LogP contribution in [0.15, 0.2) is 36.4 Å². The predicted octanol–water partition coefficient (Wildman–Crippen LogP) is 2.69. The van der Waals surface area contributed by atoms with E-state index < -0.39 is 0 Å². The first-order valence-corrected chi connectivity index (χ1v) is 6.28. The molecule has 3 rings (SSSR count). The SMILES string of the molecule is Cc1cccc(C(=O)N[C@H]2CC3C=CC2C3)c1. The van der Waals surface area contributed by atoms with E-state index in [1.54, 1.807) is 0 Å². The van der Waals surface area contributed by atoms with Gasteiger partial charge in [-0.1, -0.05) is 29.8 Å². The summed E-state index contributed by atoms with van der Waals surface area (Å²) >= 11 is 0. The van der Waals surface area contributed by atoms with Crippen molar-refractivity contribution in [2.45, 2.75) is 25.8 Å². The summed E-state index contributed by atoms with van der Waals surface area (Å²) in [4.78, 5) is 12.1. The van der Waals surface area contributed by atoms with Crippen molar-refractivity contribution in [3.8, 4) is 0 Å². The van der Waals surface area contributed by atoms with E-state index >= 15 is 0 Å². The van der Waals surface area contributed by atoms with Crippen LogP contribution in [-0.4, -0.2) is 11.9 Å². The summed E-state index contributed by atoms with van der Waals surface area (Å²) in [6.45, 7) is 2.01. The summed E-state index contributed by atoms with van der Waals surface area (Å²) in [7, 11) is 0. The second kappa shape index (κ2) is 4.02. The lowest BCUT2D eigenvalue weighted by molar-refractivity contribution is 0.0931. The molecule has 0 spiro atoms. The van der Waals surface area contributed by atoms with Crippen LogP contribution < -0.4 is 5.32 Å². The van der Waals surface area contributed by atoms with E-state index in [9.17, 15) is 4.79 Å². The molecule has 1 saturated carbocycles. The average Bonchev–Trinajstić information content (AvgIpc) is 2.91. The highest BCUT2D eigenvalue weighted by atomic mass is 16.1. The van der Waals surface area contributed by atoms with Crippen molar-refractivity contribution >= 4 is 5.91 Å². The van der Waals surface area contributed by atoms with E-state index in [0.29, 0.717) is 17.9 Å². The minimum Gasteiger partial charge on any atom is -0.349 e. The van der Waals surface area contributed by atoms with Gasteiger partial charge in [0.2, 0.25) is 0 Å². The molecule has 88 valence electrons. The fraction of sp³-hybridized carbons (Fsp3) is 0.400. The zero-order chi connectivity index (χ0) is 11.8. The maximum Gasteiger partial charge on any atom is 0.251 e. The number of benzene rings is 1. The van der Waals surface area contributed by atoms with Crippen molar-refractivity contribution < 1.29 is 4.79 Å². The van der Waals surface area contributed by atoms with Crippen molar-refractivity contribution in [1.29, 1.82) is 0 Å². The molecule has 1 amide bonds. The van der Waals surface area contributed by atoms with Gasteiger partial charge in [0, 0.05) is 11.6 Å². The number of hydrogen-bond acceptors (Lipinski definition) is 1. The van der Waals surface area contributed by atoms with Crippen LogP contribution >= 0.6 is 0 Å². The molecular formula is C15H17NO. The first-order valence-electron chi connectivity index (χ1n) is 6.28. The van der Waals surface area contributed by atoms with E-state index in [0.717, 1.165) is 17.5 Å². The predicted molar refractivity (Wildman–Crippen MR) is 67.8 cm³/mol. The number of fused-ring (bicyclic) bond motifs is 2. The van der Waals surface area contributed by atoms with Gasteiger partial charge in [-0.3, -0.25) is 4.79 Å². The van der Waals surface area contributed by atoms with E-state index in [1.165, 1.54) is 6.42 Å². The second-order valence-electron chi connectivity index (χ2n) is 5.23. The third-order valence-corrected chi connectivity index (χ3v) is 3.88. The van der Waals surface area contributed by atoms with Crippen LogP contribution in [0.1, 0.15) is 28.8 Å². The third-order valence-electron chi connectivity index (χ3n) is 3.88. The van der Waals surface area contributed by atoms with Gasteiger partial charge in [-0.05, 0) is 43.7 Å². The Labute approximate surface area is 102 Å². The van der Waals surface area contributed by atoms with Gasteiger partial charge in [-0.2, -0.15) is 0 Å². The van der Waals surface area contributed by atoms with Crippen LogP contribution in [0.25, 0.3) is 0 Å². The Balaban J connectivity index is 1.70. The number of hydrogen-bond donors (Lipinski definition) is 1. The first kappa shape index (κ1) is 10.6. The van der Waals surface area contributed by atoms with Crippen LogP contribution in [0.5, 0.6) is 0 Å². The Bertz CT molecular complexity index is 478. The van der Waals surface area contributed by atoms with Crippen molar-refractivity contribution in [3.63, 3.8) is 0 Å². The van der Waals surface area contributed by atoms with Crippen molar-refractivity contribution in [2.75, 3.05) is 0 Å². The van der Waals surface area contributed by atoms with Gasteiger partial charge in [0.25, 0.3) is 5.91 Å². The second-order valence-corrected chi connectivity index (χ2v) is 5.23. The molecule has 2 bridgehead atoms. The monoisotopic (exact) mass is 227 g/mol. The molecule has 1 N–H and O–H groups in total. The van der Waals surface area contributed by atoms with Crippen molar-refractivity contribution in [3.05, 3.63) is 47.5 Å². The molecular weight excluding hydrogens is 210 g/mol. The summed E-state index contributed by atoms with van der Waals surface area (Å²) in [5, 5.41) is 3.16. The fourth-order valence-corrected chi connectivity index (χ4v) is 2.98. The molecule has 0 aromatic heterocycles. The molecule has 0 aliphatic heterocycles. The van der Waals surface area contributed by atoms with Crippen LogP contribution in [0.4, 0.5) is 0 Å². The molecule has 17 heavy (non-hydrogen) atoms. The average molecular weight is 227 g/mol.